The van der Waals surface area contributed by atoms with Crippen LogP contribution < -0.4 is 9.47 Å². The minimum Gasteiger partial charge on any atom is -0.494 e. The Labute approximate surface area is 130 Å². The van der Waals surface area contributed by atoms with Gasteiger partial charge in [-0.05, 0) is 44.5 Å². The molecule has 1 amide bonds. The van der Waals surface area contributed by atoms with E-state index in [-0.39, 0.29) is 12.3 Å². The van der Waals surface area contributed by atoms with Gasteiger partial charge >= 0.3 is 5.97 Å². The van der Waals surface area contributed by atoms with Gasteiger partial charge in [-0.15, -0.1) is 0 Å². The van der Waals surface area contributed by atoms with Crippen LogP contribution in [-0.2, 0) is 9.59 Å². The van der Waals surface area contributed by atoms with E-state index in [2.05, 4.69) is 0 Å². The van der Waals surface area contributed by atoms with Crippen molar-refractivity contribution in [3.8, 4) is 11.5 Å². The first-order valence-corrected chi connectivity index (χ1v) is 7.29. The molecule has 1 rings (SSSR count). The van der Waals surface area contributed by atoms with Crippen LogP contribution in [0, 0.1) is 0 Å². The fourth-order valence-corrected chi connectivity index (χ4v) is 1.77. The summed E-state index contributed by atoms with van der Waals surface area (Å²) in [5.41, 5.74) is 0. The van der Waals surface area contributed by atoms with E-state index >= 15 is 0 Å². The quantitative estimate of drug-likeness (QED) is 0.708. The lowest BCUT2D eigenvalue weighted by atomic mass is 10.2. The molecule has 6 heteroatoms. The molecule has 1 N–H and O–H groups in total. The van der Waals surface area contributed by atoms with Crippen molar-refractivity contribution < 1.29 is 24.2 Å². The third kappa shape index (κ3) is 5.63. The van der Waals surface area contributed by atoms with Crippen molar-refractivity contribution in [3.05, 3.63) is 24.3 Å². The van der Waals surface area contributed by atoms with Crippen LogP contribution in [0.3, 0.4) is 0 Å². The maximum atomic E-state index is 11.8. The first-order chi connectivity index (χ1) is 10.5. The van der Waals surface area contributed by atoms with Gasteiger partial charge in [-0.1, -0.05) is 0 Å². The van der Waals surface area contributed by atoms with Crippen LogP contribution in [0.5, 0.6) is 11.5 Å². The predicted octanol–water partition coefficient (Wildman–Crippen LogP) is 2.18. The molecule has 0 bridgehead atoms. The van der Waals surface area contributed by atoms with Gasteiger partial charge in [0.2, 0.25) is 5.91 Å². The van der Waals surface area contributed by atoms with E-state index in [0.29, 0.717) is 25.4 Å². The molecule has 0 radical (unpaired) electrons. The standard InChI is InChI=1S/C16H23NO5/c1-4-21-13-7-9-14(10-8-13)22-11-5-6-15(18)17(3)12(2)16(19)20/h7-10,12H,4-6,11H2,1-3H3,(H,19,20). The second-order valence-corrected chi connectivity index (χ2v) is 4.88. The molecule has 0 fully saturated rings. The zero-order chi connectivity index (χ0) is 16.5. The summed E-state index contributed by atoms with van der Waals surface area (Å²) in [6, 6.07) is 6.45. The van der Waals surface area contributed by atoms with E-state index in [0.717, 1.165) is 5.75 Å². The van der Waals surface area contributed by atoms with Crippen molar-refractivity contribution in [2.24, 2.45) is 0 Å². The maximum Gasteiger partial charge on any atom is 0.326 e. The summed E-state index contributed by atoms with van der Waals surface area (Å²) in [6.07, 6.45) is 0.786. The summed E-state index contributed by atoms with van der Waals surface area (Å²) in [7, 11) is 1.49. The minimum atomic E-state index is -1.01. The normalized spacial score (nSPS) is 11.6. The van der Waals surface area contributed by atoms with Crippen LogP contribution >= 0.6 is 0 Å². The molecule has 0 spiro atoms. The molecule has 0 aromatic heterocycles. The molecule has 0 aliphatic carbocycles. The van der Waals surface area contributed by atoms with Gasteiger partial charge in [0.15, 0.2) is 0 Å². The number of amides is 1. The first-order valence-electron chi connectivity index (χ1n) is 7.29. The van der Waals surface area contributed by atoms with E-state index in [4.69, 9.17) is 14.6 Å². The summed E-state index contributed by atoms with van der Waals surface area (Å²) in [5.74, 6) is 0.282. The highest BCUT2D eigenvalue weighted by Gasteiger charge is 2.20. The fourth-order valence-electron chi connectivity index (χ4n) is 1.77. The Morgan fingerprint density at radius 3 is 2.23 bits per heavy atom. The van der Waals surface area contributed by atoms with Crippen LogP contribution in [-0.4, -0.2) is 48.2 Å². The van der Waals surface area contributed by atoms with E-state index in [1.807, 2.05) is 31.2 Å². The van der Waals surface area contributed by atoms with Crippen LogP contribution in [0.15, 0.2) is 24.3 Å². The average molecular weight is 309 g/mol. The maximum absolute atomic E-state index is 11.8. The number of carbonyl (C=O) groups excluding carboxylic acids is 1. The number of hydrogen-bond donors (Lipinski definition) is 1. The van der Waals surface area contributed by atoms with Crippen molar-refractivity contribution in [3.63, 3.8) is 0 Å². The molecule has 6 nitrogen and oxygen atoms in total. The molecule has 0 saturated carbocycles. The van der Waals surface area contributed by atoms with Crippen LogP contribution in [0.2, 0.25) is 0 Å². The number of aliphatic carboxylic acids is 1. The van der Waals surface area contributed by atoms with Gasteiger partial charge in [-0.2, -0.15) is 0 Å². The Morgan fingerprint density at radius 1 is 1.18 bits per heavy atom. The molecule has 1 aromatic rings. The number of nitrogens with zero attached hydrogens (tertiary/aromatic N) is 1. The van der Waals surface area contributed by atoms with Crippen LogP contribution in [0.1, 0.15) is 26.7 Å². The van der Waals surface area contributed by atoms with Crippen molar-refractivity contribution in [2.75, 3.05) is 20.3 Å². The molecule has 0 heterocycles. The van der Waals surface area contributed by atoms with Crippen molar-refractivity contribution >= 4 is 11.9 Å². The number of carbonyl (C=O) groups is 2. The van der Waals surface area contributed by atoms with Crippen LogP contribution in [0.25, 0.3) is 0 Å². The van der Waals surface area contributed by atoms with Crippen LogP contribution in [0.4, 0.5) is 0 Å². The Bertz CT molecular complexity index is 486. The van der Waals surface area contributed by atoms with E-state index in [1.165, 1.54) is 18.9 Å². The monoisotopic (exact) mass is 309 g/mol. The fraction of sp³-hybridized carbons (Fsp3) is 0.500. The van der Waals surface area contributed by atoms with Crippen molar-refractivity contribution in [2.45, 2.75) is 32.7 Å². The summed E-state index contributed by atoms with van der Waals surface area (Å²) in [4.78, 5) is 23.8. The highest BCUT2D eigenvalue weighted by atomic mass is 16.5. The summed E-state index contributed by atoms with van der Waals surface area (Å²) in [5, 5.41) is 8.85. The second-order valence-electron chi connectivity index (χ2n) is 4.88. The number of carboxylic acids is 1. The summed E-state index contributed by atoms with van der Waals surface area (Å²) < 4.78 is 10.9. The van der Waals surface area contributed by atoms with E-state index in [9.17, 15) is 9.59 Å². The molecule has 0 aliphatic heterocycles. The van der Waals surface area contributed by atoms with Gasteiger partial charge in [0, 0.05) is 13.5 Å². The van der Waals surface area contributed by atoms with E-state index in [1.54, 1.807) is 0 Å². The number of ether oxygens (including phenoxy) is 2. The average Bonchev–Trinajstić information content (AvgIpc) is 2.51. The highest BCUT2D eigenvalue weighted by molar-refractivity contribution is 5.83. The zero-order valence-electron chi connectivity index (χ0n) is 13.2. The number of hydrogen-bond acceptors (Lipinski definition) is 4. The number of likely N-dealkylation sites (N-methyl/N-ethyl adjacent to an activating group) is 1. The Morgan fingerprint density at radius 2 is 1.73 bits per heavy atom. The molecule has 22 heavy (non-hydrogen) atoms. The smallest absolute Gasteiger partial charge is 0.326 e. The molecule has 0 aliphatic rings. The van der Waals surface area contributed by atoms with E-state index < -0.39 is 12.0 Å². The number of benzene rings is 1. The lowest BCUT2D eigenvalue weighted by Gasteiger charge is -2.21. The first kappa shape index (κ1) is 17.8. The second kappa shape index (κ2) is 8.92. The Hall–Kier alpha value is -2.24. The lowest BCUT2D eigenvalue weighted by Crippen LogP contribution is -2.40. The predicted molar refractivity (Wildman–Crippen MR) is 82.2 cm³/mol. The summed E-state index contributed by atoms with van der Waals surface area (Å²) >= 11 is 0. The minimum absolute atomic E-state index is 0.204. The molecular formula is C16H23NO5. The SMILES string of the molecule is CCOc1ccc(OCCCC(=O)N(C)C(C)C(=O)O)cc1. The number of rotatable bonds is 9. The third-order valence-electron chi connectivity index (χ3n) is 3.27. The molecule has 1 atom stereocenters. The van der Waals surface area contributed by atoms with Gasteiger partial charge in [0.1, 0.15) is 17.5 Å². The van der Waals surface area contributed by atoms with Gasteiger partial charge in [0.25, 0.3) is 0 Å². The van der Waals surface area contributed by atoms with Gasteiger partial charge < -0.3 is 19.5 Å². The third-order valence-corrected chi connectivity index (χ3v) is 3.27. The topological polar surface area (TPSA) is 76.1 Å². The summed E-state index contributed by atoms with van der Waals surface area (Å²) in [6.45, 7) is 4.42. The Balaban J connectivity index is 2.30. The van der Waals surface area contributed by atoms with Crippen molar-refractivity contribution in [1.82, 2.24) is 4.90 Å². The molecular weight excluding hydrogens is 286 g/mol. The molecule has 122 valence electrons. The zero-order valence-corrected chi connectivity index (χ0v) is 13.2. The highest BCUT2D eigenvalue weighted by Crippen LogP contribution is 2.17. The lowest BCUT2D eigenvalue weighted by molar-refractivity contribution is -0.148. The largest absolute Gasteiger partial charge is 0.494 e. The molecule has 1 unspecified atom stereocenters. The number of carboxylic acid groups (broad SMARTS) is 1. The van der Waals surface area contributed by atoms with Gasteiger partial charge in [-0.3, -0.25) is 4.79 Å². The van der Waals surface area contributed by atoms with Crippen molar-refractivity contribution in [1.29, 1.82) is 0 Å². The molecule has 0 saturated heterocycles. The molecule has 1 aromatic carbocycles. The Kier molecular flexibility index (Phi) is 7.22. The van der Waals surface area contributed by atoms with Gasteiger partial charge in [-0.25, -0.2) is 4.79 Å². The van der Waals surface area contributed by atoms with Gasteiger partial charge in [0.05, 0.1) is 13.2 Å².